The first-order chi connectivity index (χ1) is 22.2. The van der Waals surface area contributed by atoms with Crippen LogP contribution in [0.5, 0.6) is 5.75 Å². The number of esters is 1. The minimum atomic E-state index is -2.13. The average molecular weight is 649 g/mol. The van der Waals surface area contributed by atoms with E-state index in [1.54, 1.807) is 13.2 Å². The maximum Gasteiger partial charge on any atom is 0.343 e. The van der Waals surface area contributed by atoms with Gasteiger partial charge in [0.05, 0.1) is 31.9 Å². The zero-order chi connectivity index (χ0) is 32.1. The molecule has 1 saturated heterocycles. The molecule has 0 radical (unpaired) electrons. The lowest BCUT2D eigenvalue weighted by atomic mass is 9.68. The Hall–Kier alpha value is -3.07. The van der Waals surface area contributed by atoms with Crippen LogP contribution in [0.4, 0.5) is 5.69 Å². The number of hydrogen-bond donors (Lipinski definition) is 1. The summed E-state index contributed by atoms with van der Waals surface area (Å²) in [7, 11) is 3.05. The second-order valence-electron chi connectivity index (χ2n) is 14.1. The maximum atomic E-state index is 13.8. The van der Waals surface area contributed by atoms with Crippen molar-refractivity contribution in [2.75, 3.05) is 45.4 Å². The topological polar surface area (TPSA) is 88.5 Å². The lowest BCUT2D eigenvalue weighted by Gasteiger charge is -2.46. The van der Waals surface area contributed by atoms with Gasteiger partial charge in [-0.3, -0.25) is 4.79 Å². The molecule has 2 fully saturated rings. The number of benzene rings is 2. The number of aryl methyl sites for hydroxylation is 1. The van der Waals surface area contributed by atoms with E-state index >= 15 is 0 Å². The summed E-state index contributed by atoms with van der Waals surface area (Å²) in [5.41, 5.74) is 1.33. The lowest BCUT2D eigenvalue weighted by Crippen LogP contribution is -2.49. The summed E-state index contributed by atoms with van der Waals surface area (Å²) in [6, 6.07) is 11.7. The van der Waals surface area contributed by atoms with E-state index < -0.39 is 11.6 Å². The van der Waals surface area contributed by atoms with Gasteiger partial charge in [0.2, 0.25) is 5.91 Å². The molecule has 6 atom stereocenters. The van der Waals surface area contributed by atoms with Crippen molar-refractivity contribution in [3.05, 3.63) is 70.3 Å². The Morgan fingerprint density at radius 1 is 1.11 bits per heavy atom. The Labute approximate surface area is 276 Å². The molecule has 8 nitrogen and oxygen atoms in total. The zero-order valence-corrected chi connectivity index (χ0v) is 27.6. The molecule has 3 heterocycles. The molecule has 7 rings (SSSR count). The Morgan fingerprint density at radius 3 is 2.76 bits per heavy atom. The van der Waals surface area contributed by atoms with Gasteiger partial charge in [0.15, 0.2) is 5.60 Å². The first-order valence-corrected chi connectivity index (χ1v) is 17.2. The lowest BCUT2D eigenvalue weighted by molar-refractivity contribution is -0.168. The predicted molar refractivity (Wildman–Crippen MR) is 176 cm³/mol. The molecular formula is C37H45ClN2O6. The Balaban J connectivity index is 1.34. The summed E-state index contributed by atoms with van der Waals surface area (Å²) >= 11 is 6.45. The highest BCUT2D eigenvalue weighted by Crippen LogP contribution is 2.48. The normalized spacial score (nSPS) is 33.2. The fraction of sp³-hybridized carbons (Fsp3) is 0.568. The number of rotatable bonds is 2. The van der Waals surface area contributed by atoms with E-state index in [0.717, 1.165) is 68.7 Å². The van der Waals surface area contributed by atoms with Crippen LogP contribution in [-0.2, 0) is 36.5 Å². The molecule has 0 unspecified atom stereocenters. The molecule has 1 spiro atoms. The highest BCUT2D eigenvalue weighted by molar-refractivity contribution is 6.30. The number of amides is 1. The molecule has 1 saturated carbocycles. The van der Waals surface area contributed by atoms with Crippen LogP contribution in [0.1, 0.15) is 68.1 Å². The minimum absolute atomic E-state index is 0.00201. The summed E-state index contributed by atoms with van der Waals surface area (Å²) in [6.07, 6.45) is 11.7. The summed E-state index contributed by atoms with van der Waals surface area (Å²) < 4.78 is 17.9. The Bertz CT molecular complexity index is 1530. The number of hydrogen-bond acceptors (Lipinski definition) is 7. The fourth-order valence-electron chi connectivity index (χ4n) is 8.86. The van der Waals surface area contributed by atoms with Crippen LogP contribution in [0.25, 0.3) is 0 Å². The third kappa shape index (κ3) is 5.50. The molecule has 1 amide bonds. The predicted octanol–water partition coefficient (Wildman–Crippen LogP) is 5.56. The first-order valence-electron chi connectivity index (χ1n) is 16.9. The number of nitrogens with zero attached hydrogens (tertiary/aromatic N) is 2. The van der Waals surface area contributed by atoms with Gasteiger partial charge in [0.25, 0.3) is 0 Å². The van der Waals surface area contributed by atoms with Crippen LogP contribution >= 0.6 is 11.6 Å². The highest BCUT2D eigenvalue weighted by atomic mass is 35.5. The SMILES string of the molecule is COC(=O)[C@]1(O)CC(=O)N2CCC[C@H]2C/C=C/[C@H](OC)[C@@H]2CC[C@H]2CN2C[C@@]3(CCCc4cc(Cl)ccc43)COc3ccc1cc32. The number of anilines is 1. The minimum Gasteiger partial charge on any atom is -0.490 e. The van der Waals surface area contributed by atoms with Gasteiger partial charge in [0.1, 0.15) is 5.75 Å². The van der Waals surface area contributed by atoms with Crippen molar-refractivity contribution < 1.29 is 28.9 Å². The van der Waals surface area contributed by atoms with Crippen molar-refractivity contribution in [1.82, 2.24) is 4.90 Å². The van der Waals surface area contributed by atoms with E-state index in [1.165, 1.54) is 18.2 Å². The van der Waals surface area contributed by atoms with Crippen molar-refractivity contribution in [2.24, 2.45) is 11.8 Å². The van der Waals surface area contributed by atoms with E-state index in [1.807, 2.05) is 23.1 Å². The molecule has 2 aliphatic carbocycles. The van der Waals surface area contributed by atoms with Crippen LogP contribution in [-0.4, -0.2) is 74.5 Å². The van der Waals surface area contributed by atoms with Gasteiger partial charge >= 0.3 is 5.97 Å². The number of carbonyl (C=O) groups excluding carboxylic acids is 2. The summed E-state index contributed by atoms with van der Waals surface area (Å²) in [5, 5.41) is 12.8. The van der Waals surface area contributed by atoms with Gasteiger partial charge in [-0.05, 0) is 104 Å². The van der Waals surface area contributed by atoms with Crippen molar-refractivity contribution >= 4 is 29.2 Å². The third-order valence-electron chi connectivity index (χ3n) is 11.5. The zero-order valence-electron chi connectivity index (χ0n) is 26.9. The van der Waals surface area contributed by atoms with Crippen LogP contribution in [0.2, 0.25) is 5.02 Å². The van der Waals surface area contributed by atoms with E-state index in [-0.39, 0.29) is 29.9 Å². The first kappa shape index (κ1) is 31.5. The number of carbonyl (C=O) groups is 2. The molecule has 2 bridgehead atoms. The maximum absolute atomic E-state index is 13.8. The molecule has 2 aromatic carbocycles. The van der Waals surface area contributed by atoms with E-state index in [2.05, 4.69) is 29.2 Å². The Morgan fingerprint density at radius 2 is 1.98 bits per heavy atom. The second kappa shape index (κ2) is 12.5. The average Bonchev–Trinajstić information content (AvgIpc) is 3.46. The molecule has 3 aliphatic heterocycles. The summed E-state index contributed by atoms with van der Waals surface area (Å²) in [5.74, 6) is 0.381. The second-order valence-corrected chi connectivity index (χ2v) is 14.5. The monoisotopic (exact) mass is 648 g/mol. The van der Waals surface area contributed by atoms with Crippen LogP contribution in [0, 0.1) is 11.8 Å². The van der Waals surface area contributed by atoms with Gasteiger partial charge in [-0.25, -0.2) is 4.79 Å². The van der Waals surface area contributed by atoms with Crippen molar-refractivity contribution in [3.8, 4) is 5.75 Å². The summed E-state index contributed by atoms with van der Waals surface area (Å²) in [4.78, 5) is 31.4. The van der Waals surface area contributed by atoms with Crippen molar-refractivity contribution in [2.45, 2.75) is 80.9 Å². The van der Waals surface area contributed by atoms with Crippen LogP contribution in [0.15, 0.2) is 48.6 Å². The summed E-state index contributed by atoms with van der Waals surface area (Å²) in [6.45, 7) is 2.63. The smallest absolute Gasteiger partial charge is 0.343 e. The number of fused-ring (bicyclic) bond motifs is 5. The van der Waals surface area contributed by atoms with E-state index in [0.29, 0.717) is 42.7 Å². The molecule has 246 valence electrons. The van der Waals surface area contributed by atoms with Crippen LogP contribution in [0.3, 0.4) is 0 Å². The van der Waals surface area contributed by atoms with Crippen LogP contribution < -0.4 is 9.64 Å². The molecule has 46 heavy (non-hydrogen) atoms. The number of aliphatic hydroxyl groups is 1. The van der Waals surface area contributed by atoms with Crippen molar-refractivity contribution in [3.63, 3.8) is 0 Å². The van der Waals surface area contributed by atoms with E-state index in [4.69, 9.17) is 25.8 Å². The highest BCUT2D eigenvalue weighted by Gasteiger charge is 2.47. The Kier molecular flexibility index (Phi) is 8.57. The third-order valence-corrected chi connectivity index (χ3v) is 11.7. The van der Waals surface area contributed by atoms with Crippen molar-refractivity contribution in [1.29, 1.82) is 0 Å². The van der Waals surface area contributed by atoms with Gasteiger partial charge < -0.3 is 29.1 Å². The molecule has 2 aromatic rings. The number of halogens is 1. The fourth-order valence-corrected chi connectivity index (χ4v) is 9.06. The van der Waals surface area contributed by atoms with Gasteiger partial charge in [-0.15, -0.1) is 0 Å². The molecular weight excluding hydrogens is 604 g/mol. The molecule has 9 heteroatoms. The largest absolute Gasteiger partial charge is 0.490 e. The standard InChI is InChI=1S/C37H45ClN2O6/c1-44-32-9-3-7-28-8-5-17-40(28)34(41)20-37(43,35(42)45-2)26-11-15-33-31(19-26)39(21-25-10-13-29(25)32)22-36(23-46-33)16-4-6-24-18-27(38)12-14-30(24)36/h3,9,11-12,14-15,18-19,25,28-29,32,43H,4-8,10,13,16-17,20-23H2,1-2H3/b9-3+/t25-,28+,29+,32-,36-,37-/m0/s1. The van der Waals surface area contributed by atoms with Gasteiger partial charge in [-0.1, -0.05) is 35.9 Å². The van der Waals surface area contributed by atoms with Gasteiger partial charge in [-0.2, -0.15) is 0 Å². The quantitative estimate of drug-likeness (QED) is 0.337. The number of methoxy groups -OCH3 is 2. The molecule has 1 N–H and O–H groups in total. The van der Waals surface area contributed by atoms with Gasteiger partial charge in [0, 0.05) is 43.2 Å². The molecule has 0 aromatic heterocycles. The van der Waals surface area contributed by atoms with E-state index in [9.17, 15) is 14.7 Å². The molecule has 5 aliphatic rings. The number of ether oxygens (including phenoxy) is 3.